The molecule has 0 N–H and O–H groups in total. The highest BCUT2D eigenvalue weighted by atomic mass is 16.3. The average Bonchev–Trinajstić information content (AvgIpc) is 3.98. The molecule has 0 aliphatic carbocycles. The quantitative estimate of drug-likeness (QED) is 0.170. The van der Waals surface area contributed by atoms with Crippen molar-refractivity contribution in [2.24, 2.45) is 0 Å². The summed E-state index contributed by atoms with van der Waals surface area (Å²) in [7, 11) is 0. The maximum absolute atomic E-state index is 9.75. The molecule has 0 radical (unpaired) electrons. The highest BCUT2D eigenvalue weighted by Gasteiger charge is 2.21. The molecule has 0 bridgehead atoms. The molecule has 0 saturated heterocycles. The van der Waals surface area contributed by atoms with Crippen LogP contribution in [0.2, 0.25) is 0 Å². The van der Waals surface area contributed by atoms with Gasteiger partial charge in [-0.3, -0.25) is 0 Å². The fraction of sp³-hybridized carbons (Fsp3) is 0. The van der Waals surface area contributed by atoms with Gasteiger partial charge in [0.15, 0.2) is 17.5 Å². The summed E-state index contributed by atoms with van der Waals surface area (Å²) in [4.78, 5) is 14.1. The van der Waals surface area contributed by atoms with E-state index in [0.29, 0.717) is 5.56 Å². The van der Waals surface area contributed by atoms with Crippen LogP contribution in [0.4, 0.5) is 0 Å². The number of para-hydroxylation sites is 2. The number of furan rings is 1. The molecule has 0 amide bonds. The first-order valence-corrected chi connectivity index (χ1v) is 16.8. The van der Waals surface area contributed by atoms with Gasteiger partial charge in [-0.05, 0) is 70.6 Å². The van der Waals surface area contributed by atoms with Crippen LogP contribution >= 0.6 is 0 Å². The number of rotatable bonds is 6. The van der Waals surface area contributed by atoms with Gasteiger partial charge >= 0.3 is 0 Å². The second kappa shape index (κ2) is 13.0. The number of nitrogens with zero attached hydrogens (tertiary/aromatic N) is 4. The Morgan fingerprint density at radius 2 is 1.04 bits per heavy atom. The molecule has 5 nitrogen and oxygen atoms in total. The van der Waals surface area contributed by atoms with Gasteiger partial charge in [0.25, 0.3) is 0 Å². The molecule has 0 saturated carbocycles. The van der Waals surface area contributed by atoms with E-state index in [1.165, 1.54) is 18.2 Å². The van der Waals surface area contributed by atoms with E-state index in [1.54, 1.807) is 30.3 Å². The van der Waals surface area contributed by atoms with Crippen LogP contribution in [0.3, 0.4) is 0 Å². The van der Waals surface area contributed by atoms with E-state index in [1.807, 2.05) is 0 Å². The Balaban J connectivity index is 1.34. The number of hydrogen-bond acceptors (Lipinski definition) is 4. The van der Waals surface area contributed by atoms with Crippen molar-refractivity contribution in [1.29, 1.82) is 0 Å². The molecule has 5 heteroatoms. The third-order valence-electron chi connectivity index (χ3n) is 8.95. The number of benzene rings is 8. The fourth-order valence-electron chi connectivity index (χ4n) is 6.45. The minimum absolute atomic E-state index is 0.0974. The van der Waals surface area contributed by atoms with Crippen LogP contribution in [-0.2, 0) is 0 Å². The lowest BCUT2D eigenvalue weighted by atomic mass is 9.99. The van der Waals surface area contributed by atoms with Gasteiger partial charge in [0.05, 0.1) is 49.6 Å². The maximum atomic E-state index is 9.75. The first-order valence-electron chi connectivity index (χ1n) is 28.8. The highest BCUT2D eigenvalue weighted by Crippen LogP contribution is 2.40. The molecule has 0 aliphatic rings. The summed E-state index contributed by atoms with van der Waals surface area (Å²) in [6.45, 7) is 0. The third-order valence-corrected chi connectivity index (χ3v) is 8.95. The zero-order valence-corrected chi connectivity index (χ0v) is 28.3. The van der Waals surface area contributed by atoms with E-state index in [0.717, 1.165) is 4.57 Å². The van der Waals surface area contributed by atoms with Crippen molar-refractivity contribution in [3.05, 3.63) is 194 Å². The van der Waals surface area contributed by atoms with Crippen LogP contribution in [0.5, 0.6) is 0 Å². The molecular weight excluding hydrogens is 685 g/mol. The molecule has 0 aliphatic heterocycles. The summed E-state index contributed by atoms with van der Waals surface area (Å²) >= 11 is 0. The van der Waals surface area contributed by atoms with Crippen molar-refractivity contribution in [2.45, 2.75) is 0 Å². The Hall–Kier alpha value is -7.63. The summed E-state index contributed by atoms with van der Waals surface area (Å²) in [5, 5.41) is -1.37. The average molecular weight is 741 g/mol. The maximum Gasteiger partial charge on any atom is 0.166 e. The SMILES string of the molecule is [2H]c1c([2H])c([2H])c(-c2nc(-c3ccccc3)nc(-c3cc(-c4c([2H])c([2H])c5c(oc6c([2H])c([2H])c([2H])c([2H])c65)c4[2H])ccc3-n3c4c([2H])c([2H])c([2H])c([2H])c4c4c([2H])c(-c5c([2H])c([2H])c([2H])c([2H])c5[2H])c([2H])c([2H])c43)n2)c([2H])c1[2H]. The highest BCUT2D eigenvalue weighted by molar-refractivity contribution is 6.11. The predicted octanol–water partition coefficient (Wildman–Crippen LogP) is 13.2. The monoisotopic (exact) mass is 740 g/mol. The summed E-state index contributed by atoms with van der Waals surface area (Å²) in [5.41, 5.74) is -4.04. The van der Waals surface area contributed by atoms with E-state index in [2.05, 4.69) is 4.98 Å². The van der Waals surface area contributed by atoms with Gasteiger partial charge in [-0.25, -0.2) is 15.0 Å². The lowest BCUT2D eigenvalue weighted by Crippen LogP contribution is -2.04. The van der Waals surface area contributed by atoms with Crippen molar-refractivity contribution in [2.75, 3.05) is 0 Å². The van der Waals surface area contributed by atoms with Gasteiger partial charge in [-0.2, -0.15) is 0 Å². The van der Waals surface area contributed by atoms with Crippen molar-refractivity contribution in [3.8, 4) is 62.1 Å². The molecule has 0 spiro atoms. The first-order chi connectivity index (χ1) is 37.7. The zero-order valence-electron chi connectivity index (χ0n) is 52.3. The smallest absolute Gasteiger partial charge is 0.166 e. The van der Waals surface area contributed by atoms with Gasteiger partial charge in [-0.1, -0.05) is 145 Å². The molecule has 3 aromatic heterocycles. The largest absolute Gasteiger partial charge is 0.456 e. The van der Waals surface area contributed by atoms with E-state index >= 15 is 0 Å². The van der Waals surface area contributed by atoms with Crippen LogP contribution in [0, 0.1) is 0 Å². The van der Waals surface area contributed by atoms with E-state index in [4.69, 9.17) is 36.3 Å². The standard InChI is InChI=1S/C51H32N4O/c1-4-14-33(15-5-1)36-25-28-45-42(30-36)39-20-10-12-22-44(39)55(45)46-29-26-37(38-24-27-41-40-21-11-13-23-47(40)56-48(41)32-38)31-43(46)51-53-49(34-16-6-2-7-17-34)52-50(54-51)35-18-8-3-9-19-35/h1-32H/i1D,2D,4D,5D,6D,7D,10D,11D,12D,13D,14D,15D,16D,17D,20D,21D,22D,23D,24D,25D,27D,28D,30D,32D. The van der Waals surface area contributed by atoms with E-state index in [9.17, 15) is 11.0 Å². The normalized spacial score (nSPS) is 17.6. The second-order valence-corrected chi connectivity index (χ2v) is 12.2. The summed E-state index contributed by atoms with van der Waals surface area (Å²) in [6, 6.07) is -5.74. The molecule has 11 rings (SSSR count). The van der Waals surface area contributed by atoms with Crippen LogP contribution < -0.4 is 0 Å². The predicted molar refractivity (Wildman–Crippen MR) is 229 cm³/mol. The van der Waals surface area contributed by atoms with E-state index in [-0.39, 0.29) is 39.0 Å². The van der Waals surface area contributed by atoms with Crippen LogP contribution in [0.25, 0.3) is 106 Å². The molecule has 56 heavy (non-hydrogen) atoms. The minimum atomic E-state index is -0.866. The molecule has 8 aromatic carbocycles. The number of hydrogen-bond donors (Lipinski definition) is 0. The van der Waals surface area contributed by atoms with Gasteiger partial charge in [-0.15, -0.1) is 0 Å². The van der Waals surface area contributed by atoms with Crippen molar-refractivity contribution < 1.29 is 37.3 Å². The van der Waals surface area contributed by atoms with E-state index < -0.39 is 206 Å². The number of aromatic nitrogens is 4. The summed E-state index contributed by atoms with van der Waals surface area (Å²) < 4.78 is 220. The van der Waals surface area contributed by atoms with Gasteiger partial charge in [0.1, 0.15) is 11.2 Å². The van der Waals surface area contributed by atoms with Crippen molar-refractivity contribution in [1.82, 2.24) is 19.5 Å². The lowest BCUT2D eigenvalue weighted by molar-refractivity contribution is 0.669. The zero-order chi connectivity index (χ0) is 57.9. The second-order valence-electron chi connectivity index (χ2n) is 12.2. The molecule has 11 aromatic rings. The van der Waals surface area contributed by atoms with Crippen LogP contribution in [0.1, 0.15) is 32.9 Å². The Morgan fingerprint density at radius 3 is 1.86 bits per heavy atom. The Labute approximate surface area is 356 Å². The minimum Gasteiger partial charge on any atom is -0.456 e. The Kier molecular flexibility index (Phi) is 3.73. The molecular formula is C51H32N4O. The Bertz CT molecular complexity index is 4600. The van der Waals surface area contributed by atoms with Crippen LogP contribution in [-0.4, -0.2) is 19.5 Å². The van der Waals surface area contributed by atoms with Gasteiger partial charge in [0.2, 0.25) is 0 Å². The third kappa shape index (κ3) is 5.37. The summed E-state index contributed by atoms with van der Waals surface area (Å²) in [6.07, 6.45) is 0. The van der Waals surface area contributed by atoms with Crippen molar-refractivity contribution >= 4 is 43.7 Å². The molecule has 262 valence electrons. The molecule has 0 atom stereocenters. The Morgan fingerprint density at radius 1 is 0.411 bits per heavy atom. The topological polar surface area (TPSA) is 56.7 Å². The fourth-order valence-corrected chi connectivity index (χ4v) is 6.45. The molecule has 3 heterocycles. The summed E-state index contributed by atoms with van der Waals surface area (Å²) in [5.74, 6) is -1.08. The van der Waals surface area contributed by atoms with Crippen LogP contribution in [0.15, 0.2) is 198 Å². The van der Waals surface area contributed by atoms with Crippen molar-refractivity contribution in [3.63, 3.8) is 0 Å². The molecule has 0 fully saturated rings. The molecule has 0 unspecified atom stereocenters. The first kappa shape index (κ1) is 16.0. The van der Waals surface area contributed by atoms with Gasteiger partial charge in [0, 0.05) is 38.2 Å². The number of fused-ring (bicyclic) bond motifs is 6. The lowest BCUT2D eigenvalue weighted by Gasteiger charge is -2.16. The van der Waals surface area contributed by atoms with Gasteiger partial charge < -0.3 is 8.98 Å².